The number of nitrogens with zero attached hydrogens (tertiary/aromatic N) is 1. The highest BCUT2D eigenvalue weighted by atomic mass is 19.4. The van der Waals surface area contributed by atoms with E-state index in [0.717, 1.165) is 6.40 Å². The summed E-state index contributed by atoms with van der Waals surface area (Å²) in [5.74, 6) is -3.16. The fourth-order valence-electron chi connectivity index (χ4n) is 1.98. The van der Waals surface area contributed by atoms with Crippen LogP contribution in [0.1, 0.15) is 18.9 Å². The van der Waals surface area contributed by atoms with Gasteiger partial charge in [0.1, 0.15) is 5.75 Å². The second-order valence-corrected chi connectivity index (χ2v) is 5.06. The van der Waals surface area contributed by atoms with Crippen LogP contribution in [0.4, 0.5) is 22.0 Å². The van der Waals surface area contributed by atoms with E-state index in [4.69, 9.17) is 4.74 Å². The number of ether oxygens (including phenoxy) is 2. The molecule has 0 saturated carbocycles. The van der Waals surface area contributed by atoms with Crippen molar-refractivity contribution in [2.24, 2.45) is 4.99 Å². The molecule has 1 heterocycles. The molecule has 3 nitrogen and oxygen atoms in total. The van der Waals surface area contributed by atoms with E-state index in [1.165, 1.54) is 31.2 Å². The van der Waals surface area contributed by atoms with Gasteiger partial charge in [0.25, 0.3) is 0 Å². The molecule has 1 aromatic rings. The lowest BCUT2D eigenvalue weighted by molar-refractivity contribution is -0.139. The summed E-state index contributed by atoms with van der Waals surface area (Å²) in [6.07, 6.45) is -4.49. The monoisotopic (exact) mass is 323 g/mol. The molecule has 0 bridgehead atoms. The van der Waals surface area contributed by atoms with Crippen LogP contribution in [0.2, 0.25) is 0 Å². The molecule has 8 heteroatoms. The molecule has 0 fully saturated rings. The molecule has 0 saturated heterocycles. The average Bonchev–Trinajstić information content (AvgIpc) is 2.41. The summed E-state index contributed by atoms with van der Waals surface area (Å²) in [4.78, 5) is 3.71. The van der Waals surface area contributed by atoms with Gasteiger partial charge in [0.2, 0.25) is 0 Å². The van der Waals surface area contributed by atoms with E-state index in [-0.39, 0.29) is 11.3 Å². The Kier molecular flexibility index (Phi) is 4.30. The molecule has 0 aromatic heterocycles. The number of halogens is 5. The van der Waals surface area contributed by atoms with E-state index >= 15 is 0 Å². The molecule has 0 amide bonds. The molecule has 1 atom stereocenters. The summed E-state index contributed by atoms with van der Waals surface area (Å²) in [6, 6.07) is 5.54. The molecule has 2 rings (SSSR count). The molecular formula is C14H14F5NO2. The summed E-state index contributed by atoms with van der Waals surface area (Å²) >= 11 is 0. The van der Waals surface area contributed by atoms with Crippen LogP contribution in [-0.4, -0.2) is 31.7 Å². The third kappa shape index (κ3) is 3.48. The van der Waals surface area contributed by atoms with Crippen LogP contribution >= 0.6 is 0 Å². The first-order valence-electron chi connectivity index (χ1n) is 6.47. The van der Waals surface area contributed by atoms with Crippen molar-refractivity contribution in [2.45, 2.75) is 31.0 Å². The lowest BCUT2D eigenvalue weighted by Crippen LogP contribution is -2.47. The summed E-state index contributed by atoms with van der Waals surface area (Å²) < 4.78 is 73.9. The molecule has 0 aliphatic carbocycles. The number of rotatable bonds is 4. The highest BCUT2D eigenvalue weighted by Crippen LogP contribution is 2.43. The second kappa shape index (κ2) is 5.73. The minimum absolute atomic E-state index is 0.0838. The number of benzene rings is 1. The number of alkyl halides is 5. The van der Waals surface area contributed by atoms with E-state index in [2.05, 4.69) is 9.73 Å². The Labute approximate surface area is 123 Å². The zero-order chi connectivity index (χ0) is 16.4. The first kappa shape index (κ1) is 16.5. The van der Waals surface area contributed by atoms with Gasteiger partial charge >= 0.3 is 12.1 Å². The molecule has 0 N–H and O–H groups in total. The van der Waals surface area contributed by atoms with Crippen molar-refractivity contribution in [3.05, 3.63) is 29.8 Å². The lowest BCUT2D eigenvalue weighted by Gasteiger charge is -2.36. The zero-order valence-corrected chi connectivity index (χ0v) is 11.7. The van der Waals surface area contributed by atoms with Crippen LogP contribution in [0.15, 0.2) is 29.3 Å². The van der Waals surface area contributed by atoms with Crippen LogP contribution in [0.5, 0.6) is 5.75 Å². The molecule has 22 heavy (non-hydrogen) atoms. The normalized spacial score (nSPS) is 23.9. The van der Waals surface area contributed by atoms with Crippen molar-refractivity contribution in [3.63, 3.8) is 0 Å². The van der Waals surface area contributed by atoms with Gasteiger partial charge in [-0.15, -0.1) is 0 Å². The van der Waals surface area contributed by atoms with Gasteiger partial charge in [-0.25, -0.2) is 4.99 Å². The lowest BCUT2D eigenvalue weighted by atomic mass is 9.86. The van der Waals surface area contributed by atoms with Gasteiger partial charge in [0.05, 0.1) is 13.0 Å². The van der Waals surface area contributed by atoms with Gasteiger partial charge in [-0.1, -0.05) is 12.1 Å². The quantitative estimate of drug-likeness (QED) is 0.786. The van der Waals surface area contributed by atoms with Crippen LogP contribution in [0.3, 0.4) is 0 Å². The number of aliphatic imine (C=N–C) groups is 1. The van der Waals surface area contributed by atoms with Crippen LogP contribution < -0.4 is 4.74 Å². The Bertz CT molecular complexity index is 558. The van der Waals surface area contributed by atoms with Crippen molar-refractivity contribution in [3.8, 4) is 5.75 Å². The number of hydrogen-bond acceptors (Lipinski definition) is 3. The summed E-state index contributed by atoms with van der Waals surface area (Å²) in [5.41, 5.74) is -1.71. The SMILES string of the molecule is C[C@]1(c2cccc(OCCC(F)(F)F)c2)N=COCC1(F)F. The molecular weight excluding hydrogens is 309 g/mol. The zero-order valence-electron chi connectivity index (χ0n) is 11.7. The maximum absolute atomic E-state index is 14.1. The third-order valence-electron chi connectivity index (χ3n) is 3.41. The molecule has 1 aliphatic heterocycles. The van der Waals surface area contributed by atoms with E-state index in [1.807, 2.05) is 0 Å². The van der Waals surface area contributed by atoms with Crippen molar-refractivity contribution < 1.29 is 31.4 Å². The third-order valence-corrected chi connectivity index (χ3v) is 3.41. The van der Waals surface area contributed by atoms with Gasteiger partial charge in [0.15, 0.2) is 18.5 Å². The molecule has 0 spiro atoms. The van der Waals surface area contributed by atoms with Crippen molar-refractivity contribution in [1.29, 1.82) is 0 Å². The van der Waals surface area contributed by atoms with E-state index in [9.17, 15) is 22.0 Å². The van der Waals surface area contributed by atoms with Gasteiger partial charge in [-0.05, 0) is 24.6 Å². The van der Waals surface area contributed by atoms with Gasteiger partial charge in [-0.3, -0.25) is 0 Å². The highest BCUT2D eigenvalue weighted by molar-refractivity contribution is 5.51. The Balaban J connectivity index is 2.18. The van der Waals surface area contributed by atoms with Crippen molar-refractivity contribution >= 4 is 6.40 Å². The standard InChI is InChI=1S/C14H14F5NO2/c1-12(13(15,16)8-21-9-20-12)10-3-2-4-11(7-10)22-6-5-14(17,18)19/h2-4,7,9H,5-6,8H2,1H3/t12-/m1/s1. The fourth-order valence-corrected chi connectivity index (χ4v) is 1.98. The van der Waals surface area contributed by atoms with Crippen molar-refractivity contribution in [1.82, 2.24) is 0 Å². The minimum atomic E-state index is -4.33. The summed E-state index contributed by atoms with van der Waals surface area (Å²) in [5, 5.41) is 0. The molecule has 1 aliphatic rings. The largest absolute Gasteiger partial charge is 0.493 e. The van der Waals surface area contributed by atoms with E-state index < -0.39 is 37.3 Å². The summed E-state index contributed by atoms with van der Waals surface area (Å²) in [7, 11) is 0. The smallest absolute Gasteiger partial charge is 0.392 e. The first-order chi connectivity index (χ1) is 10.1. The minimum Gasteiger partial charge on any atom is -0.493 e. The maximum atomic E-state index is 14.1. The first-order valence-corrected chi connectivity index (χ1v) is 6.47. The van der Waals surface area contributed by atoms with Crippen LogP contribution in [0, 0.1) is 0 Å². The Morgan fingerprint density at radius 2 is 2.05 bits per heavy atom. The van der Waals surface area contributed by atoms with Gasteiger partial charge in [0, 0.05) is 0 Å². The second-order valence-electron chi connectivity index (χ2n) is 5.06. The predicted octanol–water partition coefficient (Wildman–Crippen LogP) is 3.93. The van der Waals surface area contributed by atoms with Crippen molar-refractivity contribution in [2.75, 3.05) is 13.2 Å². The molecule has 0 radical (unpaired) electrons. The number of hydrogen-bond donors (Lipinski definition) is 0. The van der Waals surface area contributed by atoms with Crippen LogP contribution in [-0.2, 0) is 10.3 Å². The summed E-state index contributed by atoms with van der Waals surface area (Å²) in [6.45, 7) is -0.153. The Morgan fingerprint density at radius 3 is 2.68 bits per heavy atom. The Hall–Kier alpha value is -1.86. The van der Waals surface area contributed by atoms with Crippen LogP contribution in [0.25, 0.3) is 0 Å². The topological polar surface area (TPSA) is 30.8 Å². The molecule has 0 unspecified atom stereocenters. The highest BCUT2D eigenvalue weighted by Gasteiger charge is 2.54. The average molecular weight is 323 g/mol. The maximum Gasteiger partial charge on any atom is 0.392 e. The predicted molar refractivity (Wildman–Crippen MR) is 69.4 cm³/mol. The van der Waals surface area contributed by atoms with Gasteiger partial charge in [-0.2, -0.15) is 22.0 Å². The van der Waals surface area contributed by atoms with E-state index in [1.54, 1.807) is 0 Å². The Morgan fingerprint density at radius 1 is 1.32 bits per heavy atom. The molecule has 122 valence electrons. The van der Waals surface area contributed by atoms with Gasteiger partial charge < -0.3 is 9.47 Å². The molecule has 1 aromatic carbocycles. The van der Waals surface area contributed by atoms with E-state index in [0.29, 0.717) is 0 Å². The fraction of sp³-hybridized carbons (Fsp3) is 0.500.